The Morgan fingerprint density at radius 3 is 1.62 bits per heavy atom. The van der Waals surface area contributed by atoms with Crippen LogP contribution in [0.15, 0.2) is 212 Å². The van der Waals surface area contributed by atoms with Gasteiger partial charge in [0.25, 0.3) is 0 Å². The quantitative estimate of drug-likeness (QED) is 0.154. The van der Waals surface area contributed by atoms with Gasteiger partial charge < -0.3 is 4.90 Å². The Bertz CT molecular complexity index is 3200. The maximum atomic E-state index is 2.41. The first kappa shape index (κ1) is 34.1. The third-order valence-electron chi connectivity index (χ3n) is 12.4. The van der Waals surface area contributed by atoms with Crippen LogP contribution in [0.2, 0.25) is 0 Å². The molecule has 0 aliphatic heterocycles. The summed E-state index contributed by atoms with van der Waals surface area (Å²) in [6, 6.07) is 78.2. The zero-order valence-corrected chi connectivity index (χ0v) is 32.7. The van der Waals surface area contributed by atoms with Gasteiger partial charge in [-0.25, -0.2) is 0 Å². The van der Waals surface area contributed by atoms with Crippen LogP contribution in [-0.4, -0.2) is 0 Å². The minimum Gasteiger partial charge on any atom is -0.310 e. The predicted molar refractivity (Wildman–Crippen MR) is 248 cm³/mol. The van der Waals surface area contributed by atoms with Gasteiger partial charge in [-0.1, -0.05) is 178 Å². The van der Waals surface area contributed by atoms with Gasteiger partial charge in [0.1, 0.15) is 0 Å². The van der Waals surface area contributed by atoms with E-state index in [9.17, 15) is 0 Å². The molecule has 0 atom stereocenters. The third kappa shape index (κ3) is 5.54. The molecule has 0 N–H and O–H groups in total. The highest BCUT2D eigenvalue weighted by atomic mass is 15.1. The van der Waals surface area contributed by atoms with E-state index in [2.05, 4.69) is 231 Å². The molecule has 0 amide bonds. The van der Waals surface area contributed by atoms with E-state index in [1.165, 1.54) is 88.0 Å². The first-order valence-corrected chi connectivity index (χ1v) is 20.3. The molecular weight excluding hydrogens is 699 g/mol. The summed E-state index contributed by atoms with van der Waals surface area (Å²) in [5.41, 5.74) is 16.0. The molecule has 1 nitrogen and oxygen atoms in total. The molecule has 1 aliphatic rings. The molecule has 0 spiro atoms. The smallest absolute Gasteiger partial charge is 0.0467 e. The summed E-state index contributed by atoms with van der Waals surface area (Å²) in [6.45, 7) is 4.70. The van der Waals surface area contributed by atoms with E-state index in [4.69, 9.17) is 0 Å². The van der Waals surface area contributed by atoms with E-state index >= 15 is 0 Å². The van der Waals surface area contributed by atoms with Crippen molar-refractivity contribution < 1.29 is 0 Å². The van der Waals surface area contributed by atoms with Crippen molar-refractivity contribution in [2.75, 3.05) is 4.90 Å². The minimum atomic E-state index is -0.0465. The summed E-state index contributed by atoms with van der Waals surface area (Å²) >= 11 is 0. The first-order chi connectivity index (χ1) is 28.5. The lowest BCUT2D eigenvalue weighted by molar-refractivity contribution is 0.660. The van der Waals surface area contributed by atoms with E-state index in [0.29, 0.717) is 0 Å². The molecule has 10 aromatic carbocycles. The average molecular weight is 740 g/mol. The van der Waals surface area contributed by atoms with Crippen LogP contribution in [0.4, 0.5) is 17.1 Å². The second-order valence-corrected chi connectivity index (χ2v) is 16.1. The van der Waals surface area contributed by atoms with Crippen molar-refractivity contribution in [3.05, 3.63) is 223 Å². The van der Waals surface area contributed by atoms with E-state index in [1.807, 2.05) is 0 Å². The molecule has 0 fully saturated rings. The minimum absolute atomic E-state index is 0.0465. The maximum Gasteiger partial charge on any atom is 0.0467 e. The fourth-order valence-electron chi connectivity index (χ4n) is 9.53. The lowest BCUT2D eigenvalue weighted by Crippen LogP contribution is -2.14. The summed E-state index contributed by atoms with van der Waals surface area (Å²) in [7, 11) is 0. The van der Waals surface area contributed by atoms with Gasteiger partial charge in [0, 0.05) is 22.5 Å². The standard InChI is InChI=1S/C57H41N/c1-57(2)55-27-10-9-25-52(55)53-33-30-40(37-56(53)57)38-28-31-44(32-29-38)58(45-19-11-17-41(34-45)48-26-13-16-39-14-3-5-21-47(39)48)46-20-12-18-42(35-46)54-36-43-15-4-6-22-49(43)50-23-7-8-24-51(50)54/h3-37H,1-2H3. The second kappa shape index (κ2) is 13.5. The van der Waals surface area contributed by atoms with Gasteiger partial charge in [-0.05, 0) is 136 Å². The Kier molecular flexibility index (Phi) is 7.91. The Hall–Kier alpha value is -7.22. The molecule has 0 heterocycles. The van der Waals surface area contributed by atoms with E-state index in [-0.39, 0.29) is 5.41 Å². The van der Waals surface area contributed by atoms with Crippen molar-refractivity contribution in [3.63, 3.8) is 0 Å². The van der Waals surface area contributed by atoms with Crippen LogP contribution >= 0.6 is 0 Å². The highest BCUT2D eigenvalue weighted by molar-refractivity contribution is 6.14. The van der Waals surface area contributed by atoms with E-state index in [1.54, 1.807) is 0 Å². The topological polar surface area (TPSA) is 3.24 Å². The Morgan fingerprint density at radius 1 is 0.293 bits per heavy atom. The number of fused-ring (bicyclic) bond motifs is 7. The molecular formula is C57H41N. The predicted octanol–water partition coefficient (Wildman–Crippen LogP) is 15.9. The number of benzene rings is 10. The molecule has 0 bridgehead atoms. The second-order valence-electron chi connectivity index (χ2n) is 16.1. The molecule has 0 aromatic heterocycles. The monoisotopic (exact) mass is 739 g/mol. The van der Waals surface area contributed by atoms with Crippen molar-refractivity contribution in [1.82, 2.24) is 0 Å². The molecule has 0 saturated heterocycles. The number of anilines is 3. The van der Waals surface area contributed by atoms with Crippen LogP contribution in [0.5, 0.6) is 0 Å². The fourth-order valence-corrected chi connectivity index (χ4v) is 9.53. The Labute approximate surface area is 340 Å². The van der Waals surface area contributed by atoms with Crippen molar-refractivity contribution >= 4 is 49.4 Å². The normalized spacial score (nSPS) is 12.8. The van der Waals surface area contributed by atoms with Gasteiger partial charge >= 0.3 is 0 Å². The third-order valence-corrected chi connectivity index (χ3v) is 12.4. The molecule has 0 unspecified atom stereocenters. The van der Waals surface area contributed by atoms with Crippen molar-refractivity contribution in [3.8, 4) is 44.5 Å². The SMILES string of the molecule is CC1(C)c2ccccc2-c2ccc(-c3ccc(N(c4cccc(-c5cccc6ccccc56)c4)c4cccc(-c5cc6ccccc6c6ccccc56)c4)cc3)cc21. The summed E-state index contributed by atoms with van der Waals surface area (Å²) < 4.78 is 0. The molecule has 0 radical (unpaired) electrons. The molecule has 274 valence electrons. The van der Waals surface area contributed by atoms with Crippen LogP contribution in [0.3, 0.4) is 0 Å². The molecule has 0 saturated carbocycles. The Balaban J connectivity index is 1.05. The number of hydrogen-bond acceptors (Lipinski definition) is 1. The Morgan fingerprint density at radius 2 is 0.845 bits per heavy atom. The van der Waals surface area contributed by atoms with Crippen molar-refractivity contribution in [2.24, 2.45) is 0 Å². The number of hydrogen-bond donors (Lipinski definition) is 0. The van der Waals surface area contributed by atoms with Gasteiger partial charge in [-0.15, -0.1) is 0 Å². The lowest BCUT2D eigenvalue weighted by atomic mass is 9.81. The van der Waals surface area contributed by atoms with E-state index in [0.717, 1.165) is 17.1 Å². The molecule has 1 aliphatic carbocycles. The summed E-state index contributed by atoms with van der Waals surface area (Å²) in [5, 5.41) is 7.55. The average Bonchev–Trinajstić information content (AvgIpc) is 3.51. The van der Waals surface area contributed by atoms with Crippen LogP contribution in [0.1, 0.15) is 25.0 Å². The molecule has 10 aromatic rings. The zero-order valence-electron chi connectivity index (χ0n) is 32.7. The van der Waals surface area contributed by atoms with Crippen molar-refractivity contribution in [2.45, 2.75) is 19.3 Å². The van der Waals surface area contributed by atoms with Gasteiger partial charge in [-0.2, -0.15) is 0 Å². The maximum absolute atomic E-state index is 2.41. The van der Waals surface area contributed by atoms with Crippen LogP contribution in [-0.2, 0) is 5.41 Å². The van der Waals surface area contributed by atoms with Gasteiger partial charge in [0.05, 0.1) is 0 Å². The summed E-state index contributed by atoms with van der Waals surface area (Å²) in [4.78, 5) is 2.41. The van der Waals surface area contributed by atoms with Crippen LogP contribution in [0, 0.1) is 0 Å². The van der Waals surface area contributed by atoms with Crippen LogP contribution in [0.25, 0.3) is 76.8 Å². The molecule has 58 heavy (non-hydrogen) atoms. The largest absolute Gasteiger partial charge is 0.310 e. The van der Waals surface area contributed by atoms with Crippen LogP contribution < -0.4 is 4.90 Å². The highest BCUT2D eigenvalue weighted by Crippen LogP contribution is 2.50. The number of nitrogens with zero attached hydrogens (tertiary/aromatic N) is 1. The zero-order chi connectivity index (χ0) is 38.8. The van der Waals surface area contributed by atoms with E-state index < -0.39 is 0 Å². The highest BCUT2D eigenvalue weighted by Gasteiger charge is 2.35. The fraction of sp³-hybridized carbons (Fsp3) is 0.0526. The number of rotatable bonds is 6. The van der Waals surface area contributed by atoms with Gasteiger partial charge in [0.15, 0.2) is 0 Å². The molecule has 1 heteroatoms. The lowest BCUT2D eigenvalue weighted by Gasteiger charge is -2.27. The van der Waals surface area contributed by atoms with Gasteiger partial charge in [0.2, 0.25) is 0 Å². The van der Waals surface area contributed by atoms with Gasteiger partial charge in [-0.3, -0.25) is 0 Å². The molecule has 11 rings (SSSR count). The van der Waals surface area contributed by atoms with Crippen molar-refractivity contribution in [1.29, 1.82) is 0 Å². The first-order valence-electron chi connectivity index (χ1n) is 20.3. The summed E-state index contributed by atoms with van der Waals surface area (Å²) in [5.74, 6) is 0. The summed E-state index contributed by atoms with van der Waals surface area (Å²) in [6.07, 6.45) is 0.